The molecule has 0 radical (unpaired) electrons. The van der Waals surface area contributed by atoms with E-state index in [1.54, 1.807) is 13.2 Å². The number of nitrogens with two attached hydrogens (primary N) is 1. The summed E-state index contributed by atoms with van der Waals surface area (Å²) in [4.78, 5) is 0. The van der Waals surface area contributed by atoms with Crippen LogP contribution in [0.2, 0.25) is 10.0 Å². The number of rotatable bonds is 6. The van der Waals surface area contributed by atoms with Gasteiger partial charge in [0.05, 0.1) is 12.1 Å². The van der Waals surface area contributed by atoms with Crippen molar-refractivity contribution in [2.75, 3.05) is 13.7 Å². The van der Waals surface area contributed by atoms with Crippen molar-refractivity contribution >= 4 is 23.2 Å². The predicted octanol–water partition coefficient (Wildman–Crippen LogP) is 3.67. The van der Waals surface area contributed by atoms with Crippen LogP contribution in [0.5, 0.6) is 5.75 Å². The average Bonchev–Trinajstić information content (AvgIpc) is 2.24. The van der Waals surface area contributed by atoms with Crippen LogP contribution in [-0.2, 0) is 6.42 Å². The van der Waals surface area contributed by atoms with E-state index in [1.165, 1.54) is 0 Å². The van der Waals surface area contributed by atoms with E-state index in [0.717, 1.165) is 43.5 Å². The molecule has 0 saturated heterocycles. The Kier molecular flexibility index (Phi) is 5.96. The van der Waals surface area contributed by atoms with Crippen molar-refractivity contribution in [3.8, 4) is 5.75 Å². The van der Waals surface area contributed by atoms with Crippen LogP contribution >= 0.6 is 23.2 Å². The molecule has 2 N–H and O–H groups in total. The average molecular weight is 262 g/mol. The van der Waals surface area contributed by atoms with Crippen LogP contribution < -0.4 is 10.5 Å². The molecule has 16 heavy (non-hydrogen) atoms. The van der Waals surface area contributed by atoms with Crippen molar-refractivity contribution in [1.29, 1.82) is 0 Å². The predicted molar refractivity (Wildman–Crippen MR) is 69.6 cm³/mol. The van der Waals surface area contributed by atoms with Gasteiger partial charge in [-0.2, -0.15) is 0 Å². The molecule has 1 aromatic carbocycles. The minimum Gasteiger partial charge on any atom is -0.495 e. The lowest BCUT2D eigenvalue weighted by Crippen LogP contribution is -1.99. The molecule has 0 atom stereocenters. The molecule has 1 rings (SSSR count). The summed E-state index contributed by atoms with van der Waals surface area (Å²) in [7, 11) is 1.62. The highest BCUT2D eigenvalue weighted by Crippen LogP contribution is 2.33. The van der Waals surface area contributed by atoms with E-state index < -0.39 is 0 Å². The van der Waals surface area contributed by atoms with Crippen LogP contribution in [0.1, 0.15) is 24.8 Å². The van der Waals surface area contributed by atoms with E-state index in [9.17, 15) is 0 Å². The molecule has 1 aromatic rings. The molecule has 0 bridgehead atoms. The second-order valence-electron chi connectivity index (χ2n) is 3.68. The van der Waals surface area contributed by atoms with Crippen LogP contribution in [-0.4, -0.2) is 13.7 Å². The van der Waals surface area contributed by atoms with E-state index in [4.69, 9.17) is 33.7 Å². The lowest BCUT2D eigenvalue weighted by Gasteiger charge is -2.10. The first-order valence-electron chi connectivity index (χ1n) is 5.41. The van der Waals surface area contributed by atoms with Gasteiger partial charge in [0.15, 0.2) is 0 Å². The van der Waals surface area contributed by atoms with Gasteiger partial charge in [-0.25, -0.2) is 0 Å². The number of unbranched alkanes of at least 4 members (excludes halogenated alkanes) is 2. The Labute approximate surface area is 107 Å². The van der Waals surface area contributed by atoms with E-state index in [1.807, 2.05) is 6.07 Å². The third-order valence-electron chi connectivity index (χ3n) is 2.44. The Morgan fingerprint density at radius 3 is 2.56 bits per heavy atom. The maximum atomic E-state index is 6.05. The lowest BCUT2D eigenvalue weighted by atomic mass is 10.1. The Morgan fingerprint density at radius 2 is 1.94 bits per heavy atom. The summed E-state index contributed by atoms with van der Waals surface area (Å²) in [6.45, 7) is 0.743. The molecular weight excluding hydrogens is 245 g/mol. The van der Waals surface area contributed by atoms with Crippen LogP contribution in [0.3, 0.4) is 0 Å². The topological polar surface area (TPSA) is 35.2 Å². The summed E-state index contributed by atoms with van der Waals surface area (Å²) in [6, 6.07) is 3.61. The van der Waals surface area contributed by atoms with Gasteiger partial charge in [0.2, 0.25) is 0 Å². The molecule has 0 unspecified atom stereocenters. The molecule has 0 saturated carbocycles. The Morgan fingerprint density at radius 1 is 1.19 bits per heavy atom. The van der Waals surface area contributed by atoms with Crippen molar-refractivity contribution in [3.63, 3.8) is 0 Å². The van der Waals surface area contributed by atoms with Gasteiger partial charge in [0, 0.05) is 5.02 Å². The molecular formula is C12H17Cl2NO. The molecule has 2 nitrogen and oxygen atoms in total. The molecule has 0 aromatic heterocycles. The van der Waals surface area contributed by atoms with E-state index in [2.05, 4.69) is 0 Å². The molecule has 4 heteroatoms. The maximum Gasteiger partial charge on any atom is 0.140 e. The summed E-state index contributed by atoms with van der Waals surface area (Å²) < 4.78 is 5.27. The van der Waals surface area contributed by atoms with Gasteiger partial charge in [-0.3, -0.25) is 0 Å². The Bertz CT molecular complexity index is 342. The highest BCUT2D eigenvalue weighted by Gasteiger charge is 2.09. The zero-order valence-electron chi connectivity index (χ0n) is 9.43. The normalized spacial score (nSPS) is 10.5. The van der Waals surface area contributed by atoms with Crippen molar-refractivity contribution in [2.24, 2.45) is 5.73 Å². The standard InChI is InChI=1S/C12H17Cl2NO/c1-16-12-9(5-3-2-4-6-15)7-10(13)8-11(12)14/h7-8H,2-6,15H2,1H3. The zero-order valence-corrected chi connectivity index (χ0v) is 10.9. The summed E-state index contributed by atoms with van der Waals surface area (Å²) in [5, 5.41) is 1.23. The molecule has 0 fully saturated rings. The van der Waals surface area contributed by atoms with E-state index in [0.29, 0.717) is 10.0 Å². The highest BCUT2D eigenvalue weighted by atomic mass is 35.5. The Balaban J connectivity index is 2.69. The summed E-state index contributed by atoms with van der Waals surface area (Å²) in [5.41, 5.74) is 6.51. The summed E-state index contributed by atoms with van der Waals surface area (Å²) in [6.07, 6.45) is 4.16. The van der Waals surface area contributed by atoms with Gasteiger partial charge in [-0.1, -0.05) is 29.6 Å². The first-order valence-corrected chi connectivity index (χ1v) is 6.16. The van der Waals surface area contributed by atoms with Crippen LogP contribution in [0.15, 0.2) is 12.1 Å². The molecule has 0 aliphatic rings. The molecule has 0 aliphatic heterocycles. The minimum absolute atomic E-state index is 0.573. The van der Waals surface area contributed by atoms with Gasteiger partial charge in [-0.05, 0) is 43.5 Å². The number of hydrogen-bond donors (Lipinski definition) is 1. The lowest BCUT2D eigenvalue weighted by molar-refractivity contribution is 0.409. The van der Waals surface area contributed by atoms with Crippen molar-refractivity contribution in [3.05, 3.63) is 27.7 Å². The van der Waals surface area contributed by atoms with E-state index in [-0.39, 0.29) is 0 Å². The summed E-state index contributed by atoms with van der Waals surface area (Å²) >= 11 is 12.0. The largest absolute Gasteiger partial charge is 0.495 e. The third-order valence-corrected chi connectivity index (χ3v) is 2.94. The maximum absolute atomic E-state index is 6.05. The number of aryl methyl sites for hydroxylation is 1. The SMILES string of the molecule is COc1c(Cl)cc(Cl)cc1CCCCCN. The van der Waals surface area contributed by atoms with Gasteiger partial charge in [0.1, 0.15) is 5.75 Å². The fourth-order valence-electron chi connectivity index (χ4n) is 1.66. The van der Waals surface area contributed by atoms with Crippen molar-refractivity contribution in [1.82, 2.24) is 0 Å². The first-order chi connectivity index (χ1) is 7.69. The van der Waals surface area contributed by atoms with Crippen LogP contribution in [0.25, 0.3) is 0 Å². The zero-order chi connectivity index (χ0) is 12.0. The second kappa shape index (κ2) is 7.00. The molecule has 0 heterocycles. The van der Waals surface area contributed by atoms with E-state index >= 15 is 0 Å². The highest BCUT2D eigenvalue weighted by molar-refractivity contribution is 6.35. The van der Waals surface area contributed by atoms with Crippen molar-refractivity contribution < 1.29 is 4.74 Å². The molecule has 0 amide bonds. The summed E-state index contributed by atoms with van der Waals surface area (Å²) in [5.74, 6) is 0.735. The molecule has 0 spiro atoms. The Hall–Kier alpha value is -0.440. The molecule has 0 aliphatic carbocycles. The number of methoxy groups -OCH3 is 1. The number of ether oxygens (including phenoxy) is 1. The second-order valence-corrected chi connectivity index (χ2v) is 4.52. The quantitative estimate of drug-likeness (QED) is 0.794. The number of hydrogen-bond acceptors (Lipinski definition) is 2. The number of benzene rings is 1. The fraction of sp³-hybridized carbons (Fsp3) is 0.500. The van der Waals surface area contributed by atoms with Gasteiger partial charge in [-0.15, -0.1) is 0 Å². The minimum atomic E-state index is 0.573. The smallest absolute Gasteiger partial charge is 0.140 e. The van der Waals surface area contributed by atoms with Crippen molar-refractivity contribution in [2.45, 2.75) is 25.7 Å². The van der Waals surface area contributed by atoms with Gasteiger partial charge in [0.25, 0.3) is 0 Å². The fourth-order valence-corrected chi connectivity index (χ4v) is 2.28. The monoisotopic (exact) mass is 261 g/mol. The first kappa shape index (κ1) is 13.6. The molecule has 90 valence electrons. The van der Waals surface area contributed by atoms with Gasteiger partial charge >= 0.3 is 0 Å². The number of halogens is 2. The van der Waals surface area contributed by atoms with Gasteiger partial charge < -0.3 is 10.5 Å². The van der Waals surface area contributed by atoms with Crippen LogP contribution in [0, 0.1) is 0 Å². The third kappa shape index (κ3) is 3.85. The van der Waals surface area contributed by atoms with Crippen LogP contribution in [0.4, 0.5) is 0 Å².